The minimum atomic E-state index is -3.32. The molecule has 18 heavy (non-hydrogen) atoms. The van der Waals surface area contributed by atoms with Gasteiger partial charge in [-0.1, -0.05) is 17.7 Å². The number of hydrogen-bond donors (Lipinski definition) is 2. The summed E-state index contributed by atoms with van der Waals surface area (Å²) in [4.78, 5) is 0. The lowest BCUT2D eigenvalue weighted by atomic mass is 10.2. The van der Waals surface area contributed by atoms with E-state index in [0.717, 1.165) is 18.7 Å². The molecular weight excluding hydrogens is 272 g/mol. The highest BCUT2D eigenvalue weighted by Gasteiger charge is 2.27. The summed E-state index contributed by atoms with van der Waals surface area (Å²) in [6, 6.07) is 5.23. The van der Waals surface area contributed by atoms with Crippen LogP contribution in [0.2, 0.25) is 5.02 Å². The van der Waals surface area contributed by atoms with Gasteiger partial charge < -0.3 is 5.32 Å². The topological polar surface area (TPSA) is 58.2 Å². The van der Waals surface area contributed by atoms with Gasteiger partial charge in [0.15, 0.2) is 0 Å². The second kappa shape index (κ2) is 5.47. The van der Waals surface area contributed by atoms with Crippen LogP contribution in [-0.4, -0.2) is 26.8 Å². The average molecular weight is 289 g/mol. The van der Waals surface area contributed by atoms with Crippen molar-refractivity contribution >= 4 is 27.3 Å². The molecule has 1 saturated heterocycles. The van der Waals surface area contributed by atoms with Crippen molar-refractivity contribution in [2.24, 2.45) is 0 Å². The number of benzene rings is 1. The fourth-order valence-corrected chi connectivity index (χ4v) is 3.79. The normalized spacial score (nSPS) is 17.7. The summed E-state index contributed by atoms with van der Waals surface area (Å²) in [7, 11) is -3.32. The molecule has 0 aromatic heterocycles. The van der Waals surface area contributed by atoms with Crippen molar-refractivity contribution in [1.82, 2.24) is 5.32 Å². The number of nitrogens with one attached hydrogen (secondary N) is 2. The molecule has 1 heterocycles. The van der Waals surface area contributed by atoms with E-state index in [0.29, 0.717) is 23.6 Å². The number of piperidine rings is 1. The van der Waals surface area contributed by atoms with E-state index >= 15 is 0 Å². The van der Waals surface area contributed by atoms with Crippen LogP contribution >= 0.6 is 11.6 Å². The zero-order valence-electron chi connectivity index (χ0n) is 10.2. The van der Waals surface area contributed by atoms with Crippen LogP contribution in [0.1, 0.15) is 18.4 Å². The van der Waals surface area contributed by atoms with Crippen molar-refractivity contribution in [3.63, 3.8) is 0 Å². The lowest BCUT2D eigenvalue weighted by molar-refractivity contribution is 0.499. The summed E-state index contributed by atoms with van der Waals surface area (Å²) < 4.78 is 27.1. The maximum Gasteiger partial charge on any atom is 0.235 e. The maximum atomic E-state index is 12.2. The molecule has 4 nitrogen and oxygen atoms in total. The second-order valence-electron chi connectivity index (χ2n) is 4.51. The van der Waals surface area contributed by atoms with Crippen molar-refractivity contribution < 1.29 is 8.42 Å². The SMILES string of the molecule is Cc1c(Cl)cccc1NS(=O)(=O)C1CCNCC1. The van der Waals surface area contributed by atoms with E-state index in [1.165, 1.54) is 0 Å². The van der Waals surface area contributed by atoms with E-state index in [9.17, 15) is 8.42 Å². The van der Waals surface area contributed by atoms with Crippen LogP contribution in [0.15, 0.2) is 18.2 Å². The molecule has 0 atom stereocenters. The Bertz CT molecular complexity index is 525. The fourth-order valence-electron chi connectivity index (χ4n) is 2.06. The smallest absolute Gasteiger partial charge is 0.235 e. The first-order valence-corrected chi connectivity index (χ1v) is 7.90. The summed E-state index contributed by atoms with van der Waals surface area (Å²) in [5, 5.41) is 3.41. The van der Waals surface area contributed by atoms with Gasteiger partial charge in [0, 0.05) is 5.02 Å². The molecule has 2 N–H and O–H groups in total. The number of halogens is 1. The molecule has 1 aliphatic heterocycles. The Morgan fingerprint density at radius 2 is 2.00 bits per heavy atom. The van der Waals surface area contributed by atoms with Crippen LogP contribution in [0.3, 0.4) is 0 Å². The molecule has 1 aromatic carbocycles. The lowest BCUT2D eigenvalue weighted by Gasteiger charge is -2.23. The first-order valence-electron chi connectivity index (χ1n) is 5.98. The van der Waals surface area contributed by atoms with Crippen molar-refractivity contribution in [3.8, 4) is 0 Å². The molecule has 6 heteroatoms. The summed E-state index contributed by atoms with van der Waals surface area (Å²) in [5.74, 6) is 0. The zero-order valence-corrected chi connectivity index (χ0v) is 11.8. The van der Waals surface area contributed by atoms with Crippen LogP contribution in [0.4, 0.5) is 5.69 Å². The molecule has 0 aliphatic carbocycles. The number of rotatable bonds is 3. The van der Waals surface area contributed by atoms with Gasteiger partial charge in [-0.25, -0.2) is 8.42 Å². The summed E-state index contributed by atoms with van der Waals surface area (Å²) in [5.41, 5.74) is 1.33. The Balaban J connectivity index is 2.19. The van der Waals surface area contributed by atoms with Crippen LogP contribution in [-0.2, 0) is 10.0 Å². The standard InChI is InChI=1S/C12H17ClN2O2S/c1-9-11(13)3-2-4-12(9)15-18(16,17)10-5-7-14-8-6-10/h2-4,10,14-15H,5-8H2,1H3. The van der Waals surface area contributed by atoms with Gasteiger partial charge in [-0.2, -0.15) is 0 Å². The molecule has 0 amide bonds. The van der Waals surface area contributed by atoms with Gasteiger partial charge in [0.1, 0.15) is 0 Å². The summed E-state index contributed by atoms with van der Waals surface area (Å²) in [6.07, 6.45) is 1.30. The molecule has 0 spiro atoms. The summed E-state index contributed by atoms with van der Waals surface area (Å²) >= 11 is 5.98. The van der Waals surface area contributed by atoms with Gasteiger partial charge in [0.05, 0.1) is 10.9 Å². The van der Waals surface area contributed by atoms with Crippen molar-refractivity contribution in [2.45, 2.75) is 25.0 Å². The maximum absolute atomic E-state index is 12.2. The fraction of sp³-hybridized carbons (Fsp3) is 0.500. The van der Waals surface area contributed by atoms with Crippen molar-refractivity contribution in [3.05, 3.63) is 28.8 Å². The highest BCUT2D eigenvalue weighted by Crippen LogP contribution is 2.25. The molecule has 0 bridgehead atoms. The Kier molecular flexibility index (Phi) is 4.14. The molecule has 100 valence electrons. The first kappa shape index (κ1) is 13.6. The molecule has 0 saturated carbocycles. The van der Waals surface area contributed by atoms with Crippen LogP contribution in [0, 0.1) is 6.92 Å². The zero-order chi connectivity index (χ0) is 13.2. The lowest BCUT2D eigenvalue weighted by Crippen LogP contribution is -2.38. The largest absolute Gasteiger partial charge is 0.317 e. The van der Waals surface area contributed by atoms with Crippen molar-refractivity contribution in [1.29, 1.82) is 0 Å². The minimum absolute atomic E-state index is 0.322. The van der Waals surface area contributed by atoms with Gasteiger partial charge in [-0.15, -0.1) is 0 Å². The Hall–Kier alpha value is -0.780. The van der Waals surface area contributed by atoms with Gasteiger partial charge in [0.2, 0.25) is 10.0 Å². The Morgan fingerprint density at radius 3 is 2.67 bits per heavy atom. The average Bonchev–Trinajstić information content (AvgIpc) is 2.36. The number of hydrogen-bond acceptors (Lipinski definition) is 3. The second-order valence-corrected chi connectivity index (χ2v) is 6.88. The first-order chi connectivity index (χ1) is 8.50. The molecule has 1 aromatic rings. The van der Waals surface area contributed by atoms with Gasteiger partial charge in [-0.05, 0) is 50.6 Å². The Labute approximate surface area is 113 Å². The molecule has 1 aliphatic rings. The molecule has 0 radical (unpaired) electrons. The van der Waals surface area contributed by atoms with Gasteiger partial charge in [0.25, 0.3) is 0 Å². The van der Waals surface area contributed by atoms with E-state index < -0.39 is 10.0 Å². The van der Waals surface area contributed by atoms with E-state index in [1.807, 2.05) is 6.92 Å². The van der Waals surface area contributed by atoms with E-state index in [1.54, 1.807) is 18.2 Å². The third-order valence-electron chi connectivity index (χ3n) is 3.24. The minimum Gasteiger partial charge on any atom is -0.317 e. The van der Waals surface area contributed by atoms with E-state index in [-0.39, 0.29) is 5.25 Å². The van der Waals surface area contributed by atoms with E-state index in [2.05, 4.69) is 10.0 Å². The summed E-state index contributed by atoms with van der Waals surface area (Å²) in [6.45, 7) is 3.31. The highest BCUT2D eigenvalue weighted by atomic mass is 35.5. The molecule has 1 fully saturated rings. The monoisotopic (exact) mass is 288 g/mol. The molecule has 0 unspecified atom stereocenters. The van der Waals surface area contributed by atoms with Crippen LogP contribution < -0.4 is 10.0 Å². The third kappa shape index (κ3) is 2.96. The van der Waals surface area contributed by atoms with Crippen LogP contribution in [0.5, 0.6) is 0 Å². The van der Waals surface area contributed by atoms with E-state index in [4.69, 9.17) is 11.6 Å². The quantitative estimate of drug-likeness (QED) is 0.896. The third-order valence-corrected chi connectivity index (χ3v) is 5.51. The highest BCUT2D eigenvalue weighted by molar-refractivity contribution is 7.93. The number of anilines is 1. The Morgan fingerprint density at radius 1 is 1.33 bits per heavy atom. The van der Waals surface area contributed by atoms with Gasteiger partial charge in [-0.3, -0.25) is 4.72 Å². The molecule has 2 rings (SSSR count). The van der Waals surface area contributed by atoms with Crippen molar-refractivity contribution in [2.75, 3.05) is 17.8 Å². The molecular formula is C12H17ClN2O2S. The van der Waals surface area contributed by atoms with Crippen LogP contribution in [0.25, 0.3) is 0 Å². The predicted molar refractivity (Wildman–Crippen MR) is 74.6 cm³/mol. The number of sulfonamides is 1. The predicted octanol–water partition coefficient (Wildman–Crippen LogP) is 2.14. The van der Waals surface area contributed by atoms with Gasteiger partial charge >= 0.3 is 0 Å².